The van der Waals surface area contributed by atoms with Crippen LogP contribution in [0.4, 0.5) is 5.95 Å². The number of benzene rings is 1. The summed E-state index contributed by atoms with van der Waals surface area (Å²) in [5.41, 5.74) is 5.94. The molecule has 1 aromatic carbocycles. The second-order valence-electron chi connectivity index (χ2n) is 6.65. The summed E-state index contributed by atoms with van der Waals surface area (Å²) in [7, 11) is 0. The maximum atomic E-state index is 4.96. The van der Waals surface area contributed by atoms with Gasteiger partial charge in [-0.3, -0.25) is 5.10 Å². The second-order valence-corrected chi connectivity index (χ2v) is 6.65. The van der Waals surface area contributed by atoms with E-state index in [0.29, 0.717) is 6.04 Å². The lowest BCUT2D eigenvalue weighted by Crippen LogP contribution is -2.46. The normalized spacial score (nSPS) is 19.9. The lowest BCUT2D eigenvalue weighted by atomic mass is 10.0. The van der Waals surface area contributed by atoms with Crippen LogP contribution in [-0.4, -0.2) is 32.8 Å². The molecule has 0 amide bonds. The van der Waals surface area contributed by atoms with E-state index in [9.17, 15) is 0 Å². The first-order valence-electron chi connectivity index (χ1n) is 8.39. The van der Waals surface area contributed by atoms with Crippen LogP contribution in [0.15, 0.2) is 24.4 Å². The van der Waals surface area contributed by atoms with E-state index in [0.717, 1.165) is 41.9 Å². The van der Waals surface area contributed by atoms with Crippen LogP contribution in [0.25, 0.3) is 22.2 Å². The number of anilines is 1. The first-order chi connectivity index (χ1) is 11.3. The Hall–Kier alpha value is -2.43. The largest absolute Gasteiger partial charge is 0.338 e. The van der Waals surface area contributed by atoms with E-state index in [-0.39, 0.29) is 0 Å². The van der Waals surface area contributed by atoms with Crippen LogP contribution in [-0.2, 0) is 12.8 Å². The Labute approximate surface area is 134 Å². The van der Waals surface area contributed by atoms with Gasteiger partial charge in [0.2, 0.25) is 5.95 Å². The zero-order valence-electron chi connectivity index (χ0n) is 13.2. The molecule has 0 bridgehead atoms. The van der Waals surface area contributed by atoms with Gasteiger partial charge in [0, 0.05) is 34.8 Å². The Kier molecular flexibility index (Phi) is 2.71. The molecule has 1 aliphatic carbocycles. The third kappa shape index (κ3) is 1.96. The fraction of sp³-hybridized carbons (Fsp3) is 0.389. The first-order valence-corrected chi connectivity index (χ1v) is 8.39. The molecule has 3 aromatic rings. The van der Waals surface area contributed by atoms with Crippen LogP contribution >= 0.6 is 0 Å². The summed E-state index contributed by atoms with van der Waals surface area (Å²) in [4.78, 5) is 12.1. The third-order valence-corrected chi connectivity index (χ3v) is 5.21. The monoisotopic (exact) mass is 305 g/mol. The number of aromatic nitrogens is 4. The molecule has 1 saturated heterocycles. The van der Waals surface area contributed by atoms with Crippen molar-refractivity contribution in [2.75, 3.05) is 11.4 Å². The number of nitrogens with zero attached hydrogens (tertiary/aromatic N) is 4. The Bertz CT molecular complexity index is 898. The van der Waals surface area contributed by atoms with Crippen molar-refractivity contribution in [2.24, 2.45) is 0 Å². The quantitative estimate of drug-likeness (QED) is 0.790. The molecule has 2 aromatic heterocycles. The summed E-state index contributed by atoms with van der Waals surface area (Å²) in [5.74, 6) is 0.909. The maximum Gasteiger partial charge on any atom is 0.226 e. The molecule has 5 nitrogen and oxygen atoms in total. The third-order valence-electron chi connectivity index (χ3n) is 5.21. The van der Waals surface area contributed by atoms with Crippen LogP contribution in [0.1, 0.15) is 31.0 Å². The number of aromatic amines is 1. The summed E-state index contributed by atoms with van der Waals surface area (Å²) in [6.45, 7) is 3.32. The molecular weight excluding hydrogens is 286 g/mol. The summed E-state index contributed by atoms with van der Waals surface area (Å²) >= 11 is 0. The second kappa shape index (κ2) is 4.78. The average Bonchev–Trinajstić information content (AvgIpc) is 3.20. The topological polar surface area (TPSA) is 57.7 Å². The predicted molar refractivity (Wildman–Crippen MR) is 90.6 cm³/mol. The highest BCUT2D eigenvalue weighted by Gasteiger charge is 2.29. The number of hydrogen-bond donors (Lipinski definition) is 1. The zero-order valence-corrected chi connectivity index (χ0v) is 13.2. The van der Waals surface area contributed by atoms with Crippen LogP contribution in [0.2, 0.25) is 0 Å². The molecule has 23 heavy (non-hydrogen) atoms. The van der Waals surface area contributed by atoms with E-state index in [4.69, 9.17) is 9.97 Å². The standard InChI is InChI=1S/C18H19N5/c1-11-7-8-23(11)18-20-16-4-2-3-14(16)17(21-18)12-5-6-15-13(9-12)10-19-22-15/h5-6,9-11H,2-4,7-8H2,1H3,(H,19,22)/t11-/m0/s1. The number of aryl methyl sites for hydroxylation is 1. The van der Waals surface area contributed by atoms with Crippen molar-refractivity contribution in [1.29, 1.82) is 0 Å². The fourth-order valence-electron chi connectivity index (χ4n) is 3.69. The molecule has 0 radical (unpaired) electrons. The summed E-state index contributed by atoms with van der Waals surface area (Å²) < 4.78 is 0. The van der Waals surface area contributed by atoms with Gasteiger partial charge in [-0.15, -0.1) is 0 Å². The number of rotatable bonds is 2. The maximum absolute atomic E-state index is 4.96. The van der Waals surface area contributed by atoms with Crippen molar-refractivity contribution in [1.82, 2.24) is 20.2 Å². The van der Waals surface area contributed by atoms with Crippen molar-refractivity contribution in [3.63, 3.8) is 0 Å². The molecule has 5 rings (SSSR count). The summed E-state index contributed by atoms with van der Waals surface area (Å²) in [6.07, 6.45) is 6.46. The van der Waals surface area contributed by atoms with E-state index in [1.165, 1.54) is 29.7 Å². The summed E-state index contributed by atoms with van der Waals surface area (Å²) in [5, 5.41) is 8.27. The lowest BCUT2D eigenvalue weighted by Gasteiger charge is -2.39. The molecule has 0 spiro atoms. The van der Waals surface area contributed by atoms with Crippen molar-refractivity contribution < 1.29 is 0 Å². The molecule has 5 heteroatoms. The van der Waals surface area contributed by atoms with Crippen molar-refractivity contribution >= 4 is 16.9 Å². The molecule has 2 aliphatic rings. The first kappa shape index (κ1) is 13.0. The van der Waals surface area contributed by atoms with Crippen LogP contribution in [0, 0.1) is 0 Å². The van der Waals surface area contributed by atoms with Gasteiger partial charge in [-0.1, -0.05) is 6.07 Å². The number of nitrogens with one attached hydrogen (secondary N) is 1. The minimum atomic E-state index is 0.554. The zero-order chi connectivity index (χ0) is 15.4. The van der Waals surface area contributed by atoms with Gasteiger partial charge in [0.15, 0.2) is 0 Å². The summed E-state index contributed by atoms with van der Waals surface area (Å²) in [6, 6.07) is 6.97. The van der Waals surface area contributed by atoms with Gasteiger partial charge in [-0.2, -0.15) is 5.10 Å². The minimum Gasteiger partial charge on any atom is -0.338 e. The lowest BCUT2D eigenvalue weighted by molar-refractivity contribution is 0.470. The highest BCUT2D eigenvalue weighted by atomic mass is 15.3. The van der Waals surface area contributed by atoms with E-state index < -0.39 is 0 Å². The molecular formula is C18H19N5. The van der Waals surface area contributed by atoms with Crippen LogP contribution in [0.5, 0.6) is 0 Å². The highest BCUT2D eigenvalue weighted by molar-refractivity contribution is 5.84. The van der Waals surface area contributed by atoms with Crippen molar-refractivity contribution in [2.45, 2.75) is 38.6 Å². The Morgan fingerprint density at radius 3 is 3.00 bits per heavy atom. The molecule has 0 unspecified atom stereocenters. The van der Waals surface area contributed by atoms with Gasteiger partial charge in [0.25, 0.3) is 0 Å². The van der Waals surface area contributed by atoms with Crippen LogP contribution in [0.3, 0.4) is 0 Å². The number of hydrogen-bond acceptors (Lipinski definition) is 4. The van der Waals surface area contributed by atoms with Gasteiger partial charge in [-0.05, 0) is 44.7 Å². The molecule has 1 N–H and O–H groups in total. The Morgan fingerprint density at radius 1 is 1.22 bits per heavy atom. The van der Waals surface area contributed by atoms with Gasteiger partial charge in [0.05, 0.1) is 17.4 Å². The van der Waals surface area contributed by atoms with Crippen molar-refractivity contribution in [3.05, 3.63) is 35.7 Å². The molecule has 1 aliphatic heterocycles. The Morgan fingerprint density at radius 2 is 2.17 bits per heavy atom. The smallest absolute Gasteiger partial charge is 0.226 e. The molecule has 1 atom stereocenters. The van der Waals surface area contributed by atoms with E-state index in [1.54, 1.807) is 0 Å². The van der Waals surface area contributed by atoms with Gasteiger partial charge in [-0.25, -0.2) is 9.97 Å². The van der Waals surface area contributed by atoms with E-state index >= 15 is 0 Å². The highest BCUT2D eigenvalue weighted by Crippen LogP contribution is 2.34. The average molecular weight is 305 g/mol. The van der Waals surface area contributed by atoms with Gasteiger partial charge < -0.3 is 4.90 Å². The molecule has 116 valence electrons. The predicted octanol–water partition coefficient (Wildman–Crippen LogP) is 3.11. The molecule has 0 saturated carbocycles. The van der Waals surface area contributed by atoms with Gasteiger partial charge in [0.1, 0.15) is 0 Å². The minimum absolute atomic E-state index is 0.554. The van der Waals surface area contributed by atoms with Crippen molar-refractivity contribution in [3.8, 4) is 11.3 Å². The fourth-order valence-corrected chi connectivity index (χ4v) is 3.69. The van der Waals surface area contributed by atoms with E-state index in [1.807, 2.05) is 6.20 Å². The van der Waals surface area contributed by atoms with Crippen LogP contribution < -0.4 is 4.90 Å². The Balaban J connectivity index is 1.68. The number of fused-ring (bicyclic) bond motifs is 2. The molecule has 1 fully saturated rings. The number of H-pyrrole nitrogens is 1. The van der Waals surface area contributed by atoms with Gasteiger partial charge >= 0.3 is 0 Å². The van der Waals surface area contributed by atoms with E-state index in [2.05, 4.69) is 40.2 Å². The molecule has 3 heterocycles. The SMILES string of the molecule is C[C@H]1CCN1c1nc2c(c(-c3ccc4[nH]ncc4c3)n1)CCC2.